The van der Waals surface area contributed by atoms with E-state index in [1.807, 2.05) is 0 Å². The maximum atomic E-state index is 11.5. The van der Waals surface area contributed by atoms with Crippen molar-refractivity contribution in [3.8, 4) is 0 Å². The van der Waals surface area contributed by atoms with Crippen molar-refractivity contribution in [1.29, 1.82) is 0 Å². The Labute approximate surface area is 71.8 Å². The lowest BCUT2D eigenvalue weighted by Crippen LogP contribution is -2.43. The molecule has 72 valence electrons. The average Bonchev–Trinajstić information content (AvgIpc) is 1.77. The fourth-order valence-electron chi connectivity index (χ4n) is 0.369. The lowest BCUT2D eigenvalue weighted by atomic mass is 10.7. The third-order valence-corrected chi connectivity index (χ3v) is 0.988. The molecule has 0 aromatic carbocycles. The van der Waals surface area contributed by atoms with Crippen LogP contribution in [0.25, 0.3) is 0 Å². The summed E-state index contributed by atoms with van der Waals surface area (Å²) in [5.41, 5.74) is 0. The molecule has 0 N–H and O–H groups in total. The minimum atomic E-state index is -5.46. The molecule has 0 aliphatic heterocycles. The van der Waals surface area contributed by atoms with Gasteiger partial charge < -0.3 is 0 Å². The van der Waals surface area contributed by atoms with E-state index in [9.17, 15) is 26.3 Å². The summed E-state index contributed by atoms with van der Waals surface area (Å²) in [6.45, 7) is 0. The molecule has 8 heteroatoms. The minimum Gasteiger partial charge on any atom is -0.200 e. The van der Waals surface area contributed by atoms with Gasteiger partial charge in [0, 0.05) is 6.20 Å². The summed E-state index contributed by atoms with van der Waals surface area (Å²) < 4.78 is 69.2. The van der Waals surface area contributed by atoms with Gasteiger partial charge in [-0.2, -0.15) is 4.90 Å². The monoisotopic (exact) mass is 257 g/mol. The zero-order valence-corrected chi connectivity index (χ0v) is 6.83. The molecule has 0 saturated carbocycles. The molecular formula is C4H2BrF6N. The summed E-state index contributed by atoms with van der Waals surface area (Å²) in [4.78, 5) is -1.21. The average molecular weight is 258 g/mol. The number of halogens is 7. The number of alkyl halides is 6. The molecular weight excluding hydrogens is 256 g/mol. The summed E-state index contributed by atoms with van der Waals surface area (Å²) in [6, 6.07) is 0. The number of nitrogens with zero attached hydrogens (tertiary/aromatic N) is 1. The van der Waals surface area contributed by atoms with Gasteiger partial charge in [-0.05, 0) is 4.99 Å². The first-order valence-corrected chi connectivity index (χ1v) is 3.31. The summed E-state index contributed by atoms with van der Waals surface area (Å²) >= 11 is 2.31. The first-order valence-electron chi connectivity index (χ1n) is 2.39. The molecule has 0 unspecified atom stereocenters. The van der Waals surface area contributed by atoms with Gasteiger partial charge in [0.25, 0.3) is 0 Å². The van der Waals surface area contributed by atoms with E-state index in [1.165, 1.54) is 0 Å². The minimum absolute atomic E-state index is 0.167. The van der Waals surface area contributed by atoms with Crippen molar-refractivity contribution in [3.05, 3.63) is 11.2 Å². The summed E-state index contributed by atoms with van der Waals surface area (Å²) in [7, 11) is 0. The molecule has 0 aliphatic carbocycles. The molecule has 12 heavy (non-hydrogen) atoms. The van der Waals surface area contributed by atoms with Gasteiger partial charge in [-0.25, -0.2) is 0 Å². The van der Waals surface area contributed by atoms with Gasteiger partial charge in [-0.15, -0.1) is 26.3 Å². The lowest BCUT2D eigenvalue weighted by Gasteiger charge is -2.24. The Morgan fingerprint density at radius 2 is 1.25 bits per heavy atom. The maximum Gasteiger partial charge on any atom is 0.491 e. The van der Waals surface area contributed by atoms with Gasteiger partial charge in [0.1, 0.15) is 0 Å². The van der Waals surface area contributed by atoms with Crippen LogP contribution in [0.2, 0.25) is 0 Å². The summed E-state index contributed by atoms with van der Waals surface area (Å²) in [5.74, 6) is 0. The van der Waals surface area contributed by atoms with Crippen LogP contribution in [0.4, 0.5) is 26.3 Å². The molecule has 0 aromatic rings. The third-order valence-electron chi connectivity index (χ3n) is 0.752. The Morgan fingerprint density at radius 1 is 0.917 bits per heavy atom. The van der Waals surface area contributed by atoms with Gasteiger partial charge in [0.15, 0.2) is 0 Å². The second kappa shape index (κ2) is 3.55. The largest absolute Gasteiger partial charge is 0.491 e. The Hall–Kier alpha value is -0.400. The van der Waals surface area contributed by atoms with E-state index < -0.39 is 17.5 Å². The fourth-order valence-corrected chi connectivity index (χ4v) is 0.606. The second-order valence-electron chi connectivity index (χ2n) is 1.58. The van der Waals surface area contributed by atoms with Crippen molar-refractivity contribution in [1.82, 2.24) is 4.90 Å². The second-order valence-corrected chi connectivity index (χ2v) is 2.11. The van der Waals surface area contributed by atoms with Crippen molar-refractivity contribution in [2.24, 2.45) is 0 Å². The standard InChI is InChI=1S/C4H2BrF6N/c5-1-2-12(3(6,7)8)4(9,10)11/h1-2H/b2-1-. The summed E-state index contributed by atoms with van der Waals surface area (Å²) in [6.07, 6.45) is -11.1. The van der Waals surface area contributed by atoms with Crippen LogP contribution in [-0.4, -0.2) is 17.5 Å². The Morgan fingerprint density at radius 3 is 1.33 bits per heavy atom. The highest BCUT2D eigenvalue weighted by Gasteiger charge is 2.51. The third kappa shape index (κ3) is 3.33. The van der Waals surface area contributed by atoms with Gasteiger partial charge in [0.05, 0.1) is 0 Å². The van der Waals surface area contributed by atoms with Crippen LogP contribution in [0, 0.1) is 0 Å². The predicted octanol–water partition coefficient (Wildman–Crippen LogP) is 3.19. The molecule has 0 radical (unpaired) electrons. The normalized spacial score (nSPS) is 13.9. The molecule has 1 nitrogen and oxygen atoms in total. The van der Waals surface area contributed by atoms with Gasteiger partial charge >= 0.3 is 12.6 Å². The Balaban J connectivity index is 4.69. The molecule has 0 bridgehead atoms. The van der Waals surface area contributed by atoms with Crippen LogP contribution in [0.15, 0.2) is 11.2 Å². The first kappa shape index (κ1) is 11.6. The number of hydrogen-bond acceptors (Lipinski definition) is 1. The molecule has 0 rings (SSSR count). The van der Waals surface area contributed by atoms with Gasteiger partial charge in [0.2, 0.25) is 0 Å². The van der Waals surface area contributed by atoms with E-state index in [4.69, 9.17) is 0 Å². The van der Waals surface area contributed by atoms with Crippen molar-refractivity contribution in [2.45, 2.75) is 12.6 Å². The molecule has 0 aromatic heterocycles. The van der Waals surface area contributed by atoms with Crippen LogP contribution >= 0.6 is 15.9 Å². The van der Waals surface area contributed by atoms with Gasteiger partial charge in [-0.3, -0.25) is 0 Å². The van der Waals surface area contributed by atoms with Crippen LogP contribution in [-0.2, 0) is 0 Å². The highest BCUT2D eigenvalue weighted by Crippen LogP contribution is 2.33. The highest BCUT2D eigenvalue weighted by molar-refractivity contribution is 9.11. The SMILES string of the molecule is FC(F)(F)N(/C=C\Br)C(F)(F)F. The molecule has 0 heterocycles. The van der Waals surface area contributed by atoms with E-state index in [0.29, 0.717) is 4.99 Å². The first-order chi connectivity index (χ1) is 5.19. The molecule has 0 saturated heterocycles. The molecule has 0 amide bonds. The van der Waals surface area contributed by atoms with E-state index in [0.717, 1.165) is 0 Å². The number of rotatable bonds is 1. The molecule has 0 spiro atoms. The van der Waals surface area contributed by atoms with Crippen molar-refractivity contribution in [2.75, 3.05) is 0 Å². The fraction of sp³-hybridized carbons (Fsp3) is 0.500. The zero-order valence-electron chi connectivity index (χ0n) is 5.25. The highest BCUT2D eigenvalue weighted by atomic mass is 79.9. The lowest BCUT2D eigenvalue weighted by molar-refractivity contribution is -0.353. The van der Waals surface area contributed by atoms with Gasteiger partial charge in [-0.1, -0.05) is 15.9 Å². The van der Waals surface area contributed by atoms with Crippen LogP contribution in [0.3, 0.4) is 0 Å². The number of hydrogen-bond donors (Lipinski definition) is 0. The van der Waals surface area contributed by atoms with E-state index >= 15 is 0 Å². The Kier molecular flexibility index (Phi) is 3.43. The van der Waals surface area contributed by atoms with E-state index in [-0.39, 0.29) is 6.20 Å². The molecule has 0 aliphatic rings. The van der Waals surface area contributed by atoms with Crippen molar-refractivity contribution < 1.29 is 26.3 Å². The Bertz CT molecular complexity index is 155. The topological polar surface area (TPSA) is 3.24 Å². The smallest absolute Gasteiger partial charge is 0.200 e. The molecule has 0 fully saturated rings. The molecule has 0 atom stereocenters. The summed E-state index contributed by atoms with van der Waals surface area (Å²) in [5, 5.41) is 0. The van der Waals surface area contributed by atoms with E-state index in [2.05, 4.69) is 15.9 Å². The zero-order chi connectivity index (χ0) is 9.99. The van der Waals surface area contributed by atoms with E-state index in [1.54, 1.807) is 0 Å². The van der Waals surface area contributed by atoms with Crippen LogP contribution in [0.5, 0.6) is 0 Å². The quantitative estimate of drug-likeness (QED) is 0.515. The maximum absolute atomic E-state index is 11.5. The predicted molar refractivity (Wildman–Crippen MR) is 32.0 cm³/mol. The van der Waals surface area contributed by atoms with Crippen LogP contribution in [0.1, 0.15) is 0 Å². The van der Waals surface area contributed by atoms with Crippen molar-refractivity contribution in [3.63, 3.8) is 0 Å². The van der Waals surface area contributed by atoms with Crippen molar-refractivity contribution >= 4 is 15.9 Å². The van der Waals surface area contributed by atoms with Crippen LogP contribution < -0.4 is 0 Å².